The second kappa shape index (κ2) is 4.77. The van der Waals surface area contributed by atoms with Crippen LogP contribution in [0.2, 0.25) is 0 Å². The van der Waals surface area contributed by atoms with Gasteiger partial charge in [-0.2, -0.15) is 0 Å². The predicted molar refractivity (Wildman–Crippen MR) is 50.3 cm³/mol. The van der Waals surface area contributed by atoms with Crippen LogP contribution in [0.1, 0.15) is 22.5 Å². The summed E-state index contributed by atoms with van der Waals surface area (Å²) in [6, 6.07) is 2.63. The number of hydrogen-bond acceptors (Lipinski definition) is 3. The summed E-state index contributed by atoms with van der Waals surface area (Å²) in [6.07, 6.45) is 1.02. The summed E-state index contributed by atoms with van der Waals surface area (Å²) in [6.45, 7) is 0. The zero-order valence-corrected chi connectivity index (χ0v) is 7.60. The van der Waals surface area contributed by atoms with E-state index in [1.54, 1.807) is 0 Å². The molecule has 0 aliphatic carbocycles. The number of carbonyl (C=O) groups is 2. The minimum absolute atomic E-state index is 0.0737. The largest absolute Gasteiger partial charge is 0.481 e. The quantitative estimate of drug-likeness (QED) is 0.690. The Morgan fingerprint density at radius 3 is 2.73 bits per heavy atom. The highest BCUT2D eigenvalue weighted by atomic mass is 16.4. The summed E-state index contributed by atoms with van der Waals surface area (Å²) < 4.78 is 0. The third-order valence-electron chi connectivity index (χ3n) is 1.46. The Bertz CT molecular complexity index is 456. The van der Waals surface area contributed by atoms with Crippen molar-refractivity contribution in [1.82, 2.24) is 4.98 Å². The van der Waals surface area contributed by atoms with Crippen LogP contribution in [-0.2, 0) is 4.79 Å². The monoisotopic (exact) mass is 205 g/mol. The van der Waals surface area contributed by atoms with E-state index in [2.05, 4.69) is 16.8 Å². The highest BCUT2D eigenvalue weighted by molar-refractivity contribution is 5.87. The van der Waals surface area contributed by atoms with Crippen LogP contribution < -0.4 is 0 Å². The first-order valence-electron chi connectivity index (χ1n) is 3.99. The van der Waals surface area contributed by atoms with Gasteiger partial charge in [-0.3, -0.25) is 4.79 Å². The zero-order chi connectivity index (χ0) is 11.3. The summed E-state index contributed by atoms with van der Waals surface area (Å²) in [7, 11) is 0. The van der Waals surface area contributed by atoms with Gasteiger partial charge in [0.2, 0.25) is 0 Å². The number of pyridine rings is 1. The second-order valence-corrected chi connectivity index (χ2v) is 2.61. The molecule has 0 aromatic carbocycles. The van der Waals surface area contributed by atoms with Crippen LogP contribution >= 0.6 is 0 Å². The number of carboxylic acid groups (broad SMARTS) is 2. The summed E-state index contributed by atoms with van der Waals surface area (Å²) in [5.41, 5.74) is 0.320. The van der Waals surface area contributed by atoms with Crippen molar-refractivity contribution in [1.29, 1.82) is 0 Å². The predicted octanol–water partition coefficient (Wildman–Crippen LogP) is 0.606. The van der Waals surface area contributed by atoms with E-state index in [4.69, 9.17) is 10.2 Å². The first-order valence-corrected chi connectivity index (χ1v) is 3.99. The van der Waals surface area contributed by atoms with Gasteiger partial charge in [0.15, 0.2) is 0 Å². The standard InChI is InChI=1S/C10H7NO4/c12-9(13)3-1-2-8-6-7(10(14)15)4-5-11-8/h4-6H,3H2,(H,12,13)(H,14,15). The van der Waals surface area contributed by atoms with E-state index in [0.717, 1.165) is 0 Å². The van der Waals surface area contributed by atoms with Gasteiger partial charge in [-0.1, -0.05) is 5.92 Å². The minimum Gasteiger partial charge on any atom is -0.481 e. The Balaban J connectivity index is 2.85. The summed E-state index contributed by atoms with van der Waals surface area (Å²) in [4.78, 5) is 24.5. The first-order chi connectivity index (χ1) is 7.09. The van der Waals surface area contributed by atoms with Crippen molar-refractivity contribution in [3.05, 3.63) is 29.6 Å². The molecule has 0 atom stereocenters. The van der Waals surface area contributed by atoms with Crippen molar-refractivity contribution < 1.29 is 19.8 Å². The number of carboxylic acids is 2. The molecule has 2 N–H and O–H groups in total. The summed E-state index contributed by atoms with van der Waals surface area (Å²) in [5.74, 6) is 2.73. The Labute approximate surface area is 85.4 Å². The highest BCUT2D eigenvalue weighted by Crippen LogP contribution is 2.00. The van der Waals surface area contributed by atoms with Gasteiger partial charge in [0.05, 0.1) is 5.56 Å². The van der Waals surface area contributed by atoms with E-state index in [0.29, 0.717) is 0 Å². The average Bonchev–Trinajstić information content (AvgIpc) is 2.17. The molecule has 0 saturated carbocycles. The van der Waals surface area contributed by atoms with Gasteiger partial charge in [0, 0.05) is 6.20 Å². The second-order valence-electron chi connectivity index (χ2n) is 2.61. The molecule has 0 amide bonds. The van der Waals surface area contributed by atoms with E-state index >= 15 is 0 Å². The van der Waals surface area contributed by atoms with Crippen molar-refractivity contribution >= 4 is 11.9 Å². The maximum atomic E-state index is 10.6. The van der Waals surface area contributed by atoms with Crippen molar-refractivity contribution in [3.63, 3.8) is 0 Å². The van der Waals surface area contributed by atoms with E-state index in [9.17, 15) is 9.59 Å². The molecule has 1 rings (SSSR count). The highest BCUT2D eigenvalue weighted by Gasteiger charge is 2.02. The average molecular weight is 205 g/mol. The van der Waals surface area contributed by atoms with Gasteiger partial charge in [-0.25, -0.2) is 9.78 Å². The maximum Gasteiger partial charge on any atom is 0.335 e. The Morgan fingerprint density at radius 2 is 2.13 bits per heavy atom. The lowest BCUT2D eigenvalue weighted by atomic mass is 10.2. The van der Waals surface area contributed by atoms with E-state index in [1.165, 1.54) is 18.3 Å². The molecule has 0 unspecified atom stereocenters. The molecule has 1 heterocycles. The van der Waals surface area contributed by atoms with Gasteiger partial charge in [0.25, 0.3) is 0 Å². The molecule has 1 aromatic rings. The molecule has 5 nitrogen and oxygen atoms in total. The molecule has 0 spiro atoms. The van der Waals surface area contributed by atoms with Crippen LogP contribution in [0.3, 0.4) is 0 Å². The van der Waals surface area contributed by atoms with E-state index in [1.807, 2.05) is 0 Å². The van der Waals surface area contributed by atoms with Crippen molar-refractivity contribution in [2.75, 3.05) is 0 Å². The van der Waals surface area contributed by atoms with E-state index in [-0.39, 0.29) is 17.7 Å². The lowest BCUT2D eigenvalue weighted by Crippen LogP contribution is -1.97. The molecule has 0 bridgehead atoms. The molecule has 0 aliphatic heterocycles. The van der Waals surface area contributed by atoms with E-state index < -0.39 is 11.9 Å². The minimum atomic E-state index is -1.07. The van der Waals surface area contributed by atoms with Crippen LogP contribution in [0.4, 0.5) is 0 Å². The SMILES string of the molecule is O=C(O)CC#Cc1cc(C(=O)O)ccn1. The normalized spacial score (nSPS) is 8.80. The Hall–Kier alpha value is -2.35. The van der Waals surface area contributed by atoms with Crippen LogP contribution in [0.5, 0.6) is 0 Å². The number of rotatable bonds is 2. The first kappa shape index (κ1) is 10.7. The number of nitrogens with zero attached hydrogens (tertiary/aromatic N) is 1. The van der Waals surface area contributed by atoms with Crippen molar-refractivity contribution in [2.45, 2.75) is 6.42 Å². The fourth-order valence-corrected chi connectivity index (χ4v) is 0.842. The van der Waals surface area contributed by atoms with Gasteiger partial charge in [0.1, 0.15) is 12.1 Å². The number of aromatic carboxylic acids is 1. The maximum absolute atomic E-state index is 10.6. The number of aromatic nitrogens is 1. The van der Waals surface area contributed by atoms with Crippen molar-refractivity contribution in [3.8, 4) is 11.8 Å². The molecule has 76 valence electrons. The lowest BCUT2D eigenvalue weighted by Gasteiger charge is -1.93. The van der Waals surface area contributed by atoms with Crippen LogP contribution in [0.25, 0.3) is 0 Å². The Morgan fingerprint density at radius 1 is 1.40 bits per heavy atom. The smallest absolute Gasteiger partial charge is 0.335 e. The molecule has 1 aromatic heterocycles. The van der Waals surface area contributed by atoms with Gasteiger partial charge < -0.3 is 10.2 Å². The summed E-state index contributed by atoms with van der Waals surface area (Å²) in [5, 5.41) is 17.0. The molecule has 5 heteroatoms. The fraction of sp³-hybridized carbons (Fsp3) is 0.100. The van der Waals surface area contributed by atoms with Crippen molar-refractivity contribution in [2.24, 2.45) is 0 Å². The van der Waals surface area contributed by atoms with Gasteiger partial charge in [-0.15, -0.1) is 0 Å². The molecule has 15 heavy (non-hydrogen) atoms. The van der Waals surface area contributed by atoms with Crippen LogP contribution in [0.15, 0.2) is 18.3 Å². The topological polar surface area (TPSA) is 87.5 Å². The summed E-state index contributed by atoms with van der Waals surface area (Å²) >= 11 is 0. The number of aliphatic carboxylic acids is 1. The molecular weight excluding hydrogens is 198 g/mol. The number of hydrogen-bond donors (Lipinski definition) is 2. The third kappa shape index (κ3) is 3.48. The van der Waals surface area contributed by atoms with Gasteiger partial charge >= 0.3 is 11.9 Å². The zero-order valence-electron chi connectivity index (χ0n) is 7.60. The molecular formula is C10H7NO4. The fourth-order valence-electron chi connectivity index (χ4n) is 0.842. The van der Waals surface area contributed by atoms with Crippen LogP contribution in [-0.4, -0.2) is 27.1 Å². The van der Waals surface area contributed by atoms with Crippen LogP contribution in [0, 0.1) is 11.8 Å². The van der Waals surface area contributed by atoms with Gasteiger partial charge in [-0.05, 0) is 18.1 Å². The molecule has 0 saturated heterocycles. The third-order valence-corrected chi connectivity index (χ3v) is 1.46. The molecule has 0 aliphatic rings. The lowest BCUT2D eigenvalue weighted by molar-refractivity contribution is -0.135. The molecule has 0 fully saturated rings. The molecule has 0 radical (unpaired) electrons. The Kier molecular flexibility index (Phi) is 3.41.